The number of rotatable bonds is 3. The number of aromatic nitrogens is 1. The van der Waals surface area contributed by atoms with Crippen LogP contribution in [0.2, 0.25) is 0 Å². The van der Waals surface area contributed by atoms with E-state index in [1.807, 2.05) is 0 Å². The van der Waals surface area contributed by atoms with Gasteiger partial charge in [0.1, 0.15) is 5.75 Å². The maximum atomic E-state index is 9.09. The molecule has 1 heterocycles. The molecule has 0 radical (unpaired) electrons. The van der Waals surface area contributed by atoms with E-state index in [2.05, 4.69) is 20.9 Å². The van der Waals surface area contributed by atoms with E-state index >= 15 is 0 Å². The van der Waals surface area contributed by atoms with Crippen LogP contribution >= 0.6 is 15.9 Å². The third-order valence-electron chi connectivity index (χ3n) is 1.57. The summed E-state index contributed by atoms with van der Waals surface area (Å²) in [5.41, 5.74) is 0.877. The van der Waals surface area contributed by atoms with E-state index in [0.717, 1.165) is 15.1 Å². The topological polar surface area (TPSA) is 45.6 Å². The van der Waals surface area contributed by atoms with E-state index in [4.69, 9.17) is 9.94 Å². The molecular weight excluding hydrogens is 236 g/mol. The van der Waals surface area contributed by atoms with E-state index in [9.17, 15) is 0 Å². The number of hydroxylamine groups is 2. The Balaban J connectivity index is 3.00. The van der Waals surface area contributed by atoms with Crippen LogP contribution in [0, 0.1) is 0 Å². The second-order valence-electron chi connectivity index (χ2n) is 2.62. The monoisotopic (exact) mass is 246 g/mol. The second kappa shape index (κ2) is 4.55. The van der Waals surface area contributed by atoms with Crippen LogP contribution in [-0.4, -0.2) is 29.4 Å². The molecule has 0 unspecified atom stereocenters. The van der Waals surface area contributed by atoms with Crippen molar-refractivity contribution >= 4 is 15.9 Å². The summed E-state index contributed by atoms with van der Waals surface area (Å²) in [6, 6.07) is 0. The number of hydrogen-bond acceptors (Lipinski definition) is 4. The molecule has 5 heteroatoms. The first-order valence-corrected chi connectivity index (χ1v) is 4.51. The van der Waals surface area contributed by atoms with Crippen molar-refractivity contribution in [1.29, 1.82) is 0 Å². The molecule has 0 fully saturated rings. The summed E-state index contributed by atoms with van der Waals surface area (Å²) in [5, 5.41) is 10.2. The summed E-state index contributed by atoms with van der Waals surface area (Å²) in [7, 11) is 3.15. The largest absolute Gasteiger partial charge is 0.495 e. The molecular formula is C8H11BrN2O2. The van der Waals surface area contributed by atoms with Crippen LogP contribution < -0.4 is 4.74 Å². The molecule has 1 N–H and O–H groups in total. The average Bonchev–Trinajstić information content (AvgIpc) is 2.08. The third-order valence-corrected chi connectivity index (χ3v) is 2.26. The fourth-order valence-electron chi connectivity index (χ4n) is 1.00. The van der Waals surface area contributed by atoms with Crippen LogP contribution in [0.5, 0.6) is 5.75 Å². The van der Waals surface area contributed by atoms with Crippen LogP contribution in [0.4, 0.5) is 0 Å². The maximum absolute atomic E-state index is 9.09. The van der Waals surface area contributed by atoms with Crippen molar-refractivity contribution in [3.63, 3.8) is 0 Å². The first-order chi connectivity index (χ1) is 6.15. The molecule has 0 saturated carbocycles. The molecule has 0 aliphatic rings. The van der Waals surface area contributed by atoms with Crippen molar-refractivity contribution in [2.75, 3.05) is 14.2 Å². The highest BCUT2D eigenvalue weighted by atomic mass is 79.9. The van der Waals surface area contributed by atoms with Crippen LogP contribution in [0.1, 0.15) is 5.56 Å². The molecule has 0 saturated heterocycles. The molecule has 0 aromatic carbocycles. The number of ether oxygens (including phenoxy) is 1. The van der Waals surface area contributed by atoms with Gasteiger partial charge in [-0.05, 0) is 15.9 Å². The van der Waals surface area contributed by atoms with Crippen molar-refractivity contribution < 1.29 is 9.94 Å². The predicted octanol–water partition coefficient (Wildman–Crippen LogP) is 1.67. The van der Waals surface area contributed by atoms with E-state index in [1.165, 1.54) is 0 Å². The summed E-state index contributed by atoms with van der Waals surface area (Å²) < 4.78 is 5.92. The van der Waals surface area contributed by atoms with Gasteiger partial charge in [0.15, 0.2) is 0 Å². The fourth-order valence-corrected chi connectivity index (χ4v) is 1.44. The molecule has 13 heavy (non-hydrogen) atoms. The van der Waals surface area contributed by atoms with Crippen molar-refractivity contribution in [3.8, 4) is 5.75 Å². The zero-order valence-corrected chi connectivity index (χ0v) is 9.08. The highest BCUT2D eigenvalue weighted by Gasteiger charge is 2.08. The number of pyridine rings is 1. The van der Waals surface area contributed by atoms with Gasteiger partial charge in [-0.25, -0.2) is 0 Å². The minimum absolute atomic E-state index is 0.395. The molecule has 0 spiro atoms. The van der Waals surface area contributed by atoms with Crippen LogP contribution in [-0.2, 0) is 6.54 Å². The number of nitrogens with zero attached hydrogens (tertiary/aromatic N) is 2. The van der Waals surface area contributed by atoms with Crippen LogP contribution in [0.3, 0.4) is 0 Å². The van der Waals surface area contributed by atoms with Gasteiger partial charge in [0.25, 0.3) is 0 Å². The maximum Gasteiger partial charge on any atom is 0.142 e. The number of methoxy groups -OCH3 is 1. The summed E-state index contributed by atoms with van der Waals surface area (Å²) in [4.78, 5) is 3.95. The van der Waals surface area contributed by atoms with Crippen molar-refractivity contribution in [2.24, 2.45) is 0 Å². The molecule has 1 aromatic rings. The standard InChI is InChI=1S/C8H11BrN2O2/c1-11(12)5-6-7(9)3-10-4-8(6)13-2/h3-4,12H,5H2,1-2H3. The molecule has 0 bridgehead atoms. The van der Waals surface area contributed by atoms with E-state index in [0.29, 0.717) is 12.3 Å². The molecule has 72 valence electrons. The Bertz CT molecular complexity index is 291. The highest BCUT2D eigenvalue weighted by Crippen LogP contribution is 2.25. The lowest BCUT2D eigenvalue weighted by Gasteiger charge is -2.12. The molecule has 1 aromatic heterocycles. The molecule has 4 nitrogen and oxygen atoms in total. The normalized spacial score (nSPS) is 10.5. The highest BCUT2D eigenvalue weighted by molar-refractivity contribution is 9.10. The van der Waals surface area contributed by atoms with Gasteiger partial charge in [-0.1, -0.05) is 0 Å². The lowest BCUT2D eigenvalue weighted by Crippen LogP contribution is -2.13. The summed E-state index contributed by atoms with van der Waals surface area (Å²) in [6.07, 6.45) is 3.28. The lowest BCUT2D eigenvalue weighted by atomic mass is 10.2. The fraction of sp³-hybridized carbons (Fsp3) is 0.375. The molecule has 0 aliphatic heterocycles. The Morgan fingerprint density at radius 2 is 2.31 bits per heavy atom. The third kappa shape index (κ3) is 2.65. The van der Waals surface area contributed by atoms with E-state index in [-0.39, 0.29) is 0 Å². The Morgan fingerprint density at radius 1 is 1.62 bits per heavy atom. The molecule has 1 rings (SSSR count). The van der Waals surface area contributed by atoms with Gasteiger partial charge in [0.05, 0.1) is 19.9 Å². The zero-order chi connectivity index (χ0) is 9.84. The Hall–Kier alpha value is -0.650. The summed E-state index contributed by atoms with van der Waals surface area (Å²) in [6.45, 7) is 0.395. The van der Waals surface area contributed by atoms with Gasteiger partial charge in [-0.15, -0.1) is 0 Å². The van der Waals surface area contributed by atoms with Gasteiger partial charge < -0.3 is 9.94 Å². The van der Waals surface area contributed by atoms with Crippen LogP contribution in [0.25, 0.3) is 0 Å². The number of hydrogen-bond donors (Lipinski definition) is 1. The van der Waals surface area contributed by atoms with Crippen molar-refractivity contribution in [1.82, 2.24) is 10.0 Å². The summed E-state index contributed by atoms with van der Waals surface area (Å²) >= 11 is 3.34. The molecule has 0 amide bonds. The van der Waals surface area contributed by atoms with Gasteiger partial charge >= 0.3 is 0 Å². The first kappa shape index (κ1) is 10.4. The van der Waals surface area contributed by atoms with Gasteiger partial charge in [-0.2, -0.15) is 5.06 Å². The van der Waals surface area contributed by atoms with Crippen LogP contribution in [0.15, 0.2) is 16.9 Å². The Kier molecular flexibility index (Phi) is 3.65. The lowest BCUT2D eigenvalue weighted by molar-refractivity contribution is -0.0737. The molecule has 0 atom stereocenters. The van der Waals surface area contributed by atoms with Gasteiger partial charge in [0, 0.05) is 23.3 Å². The average molecular weight is 247 g/mol. The minimum atomic E-state index is 0.395. The van der Waals surface area contributed by atoms with E-state index < -0.39 is 0 Å². The predicted molar refractivity (Wildman–Crippen MR) is 51.7 cm³/mol. The zero-order valence-electron chi connectivity index (χ0n) is 7.49. The van der Waals surface area contributed by atoms with Gasteiger partial charge in [0.2, 0.25) is 0 Å². The van der Waals surface area contributed by atoms with E-state index in [1.54, 1.807) is 26.6 Å². The van der Waals surface area contributed by atoms with Gasteiger partial charge in [-0.3, -0.25) is 4.98 Å². The first-order valence-electron chi connectivity index (χ1n) is 3.71. The summed E-state index contributed by atoms with van der Waals surface area (Å²) in [5.74, 6) is 0.662. The molecule has 0 aliphatic carbocycles. The Morgan fingerprint density at radius 3 is 2.85 bits per heavy atom. The SMILES string of the molecule is COc1cncc(Br)c1CN(C)O. The van der Waals surface area contributed by atoms with Crippen molar-refractivity contribution in [3.05, 3.63) is 22.4 Å². The smallest absolute Gasteiger partial charge is 0.142 e. The Labute approximate surface area is 85.2 Å². The number of halogens is 1. The quantitative estimate of drug-likeness (QED) is 0.825. The minimum Gasteiger partial charge on any atom is -0.495 e. The van der Waals surface area contributed by atoms with Crippen molar-refractivity contribution in [2.45, 2.75) is 6.54 Å². The second-order valence-corrected chi connectivity index (χ2v) is 3.47.